The molecule has 0 saturated carbocycles. The van der Waals surface area contributed by atoms with E-state index in [1.165, 1.54) is 32.0 Å². The summed E-state index contributed by atoms with van der Waals surface area (Å²) >= 11 is 0. The third-order valence-electron chi connectivity index (χ3n) is 3.51. The van der Waals surface area contributed by atoms with Crippen molar-refractivity contribution in [2.24, 2.45) is 0 Å². The van der Waals surface area contributed by atoms with E-state index in [1.54, 1.807) is 18.2 Å². The molecule has 158 valence electrons. The molecule has 2 amide bonds. The summed E-state index contributed by atoms with van der Waals surface area (Å²) < 4.78 is 37.9. The zero-order valence-electron chi connectivity index (χ0n) is 16.5. The van der Waals surface area contributed by atoms with Gasteiger partial charge in [0.2, 0.25) is 0 Å². The minimum absolute atomic E-state index is 0.147. The molecule has 0 saturated heterocycles. The van der Waals surface area contributed by atoms with Crippen molar-refractivity contribution in [3.8, 4) is 0 Å². The SMILES string of the molecule is CC.CC(C)(O)C(=O)NNC(=O)c1ccccc1Nc1ccc(C(F)(F)F)cc1. The van der Waals surface area contributed by atoms with Gasteiger partial charge in [-0.15, -0.1) is 0 Å². The molecule has 0 bridgehead atoms. The molecule has 2 aromatic carbocycles. The summed E-state index contributed by atoms with van der Waals surface area (Å²) in [6.07, 6.45) is -4.44. The number of carbonyl (C=O) groups excluding carboxylic acids is 2. The molecular weight excluding hydrogens is 387 g/mol. The van der Waals surface area contributed by atoms with Gasteiger partial charge in [0.25, 0.3) is 11.8 Å². The lowest BCUT2D eigenvalue weighted by atomic mass is 10.1. The third-order valence-corrected chi connectivity index (χ3v) is 3.51. The van der Waals surface area contributed by atoms with Crippen LogP contribution in [0.3, 0.4) is 0 Å². The van der Waals surface area contributed by atoms with Gasteiger partial charge in [-0.1, -0.05) is 26.0 Å². The summed E-state index contributed by atoms with van der Waals surface area (Å²) in [7, 11) is 0. The van der Waals surface area contributed by atoms with Crippen molar-refractivity contribution in [2.75, 3.05) is 5.32 Å². The monoisotopic (exact) mass is 411 g/mol. The molecule has 6 nitrogen and oxygen atoms in total. The molecule has 0 radical (unpaired) electrons. The van der Waals surface area contributed by atoms with E-state index in [1.807, 2.05) is 13.8 Å². The fraction of sp³-hybridized carbons (Fsp3) is 0.300. The molecule has 0 fully saturated rings. The number of hydrogen-bond donors (Lipinski definition) is 4. The summed E-state index contributed by atoms with van der Waals surface area (Å²) in [5.41, 5.74) is 2.63. The first-order valence-electron chi connectivity index (χ1n) is 8.85. The largest absolute Gasteiger partial charge is 0.416 e. The van der Waals surface area contributed by atoms with Crippen molar-refractivity contribution < 1.29 is 27.9 Å². The standard InChI is InChI=1S/C18H18F3N3O3.C2H6/c1-17(2,27)16(26)24-23-15(25)13-5-3-4-6-14(13)22-12-9-7-11(8-10-12)18(19,20)21;1-2/h3-10,22,27H,1-2H3,(H,23,25)(H,24,26);1-2H3. The zero-order valence-corrected chi connectivity index (χ0v) is 16.5. The van der Waals surface area contributed by atoms with E-state index in [-0.39, 0.29) is 5.56 Å². The van der Waals surface area contributed by atoms with Gasteiger partial charge in [-0.2, -0.15) is 13.2 Å². The molecule has 0 spiro atoms. The van der Waals surface area contributed by atoms with Crippen molar-refractivity contribution in [1.82, 2.24) is 10.9 Å². The number of benzene rings is 2. The number of rotatable bonds is 4. The molecule has 0 aliphatic rings. The Morgan fingerprint density at radius 3 is 1.97 bits per heavy atom. The smallest absolute Gasteiger partial charge is 0.381 e. The Bertz CT molecular complexity index is 829. The zero-order chi connectivity index (χ0) is 22.2. The van der Waals surface area contributed by atoms with Crippen LogP contribution in [0, 0.1) is 0 Å². The molecule has 0 aliphatic heterocycles. The van der Waals surface area contributed by atoms with Crippen LogP contribution in [-0.2, 0) is 11.0 Å². The van der Waals surface area contributed by atoms with Crippen LogP contribution in [0.1, 0.15) is 43.6 Å². The van der Waals surface area contributed by atoms with E-state index in [2.05, 4.69) is 16.2 Å². The Morgan fingerprint density at radius 1 is 0.897 bits per heavy atom. The lowest BCUT2D eigenvalue weighted by Gasteiger charge is -2.18. The molecular formula is C20H24F3N3O3. The number of halogens is 3. The summed E-state index contributed by atoms with van der Waals surface area (Å²) in [5, 5.41) is 12.4. The van der Waals surface area contributed by atoms with E-state index in [4.69, 9.17) is 0 Å². The maximum atomic E-state index is 12.6. The Kier molecular flexibility index (Phi) is 8.20. The van der Waals surface area contributed by atoms with E-state index in [0.29, 0.717) is 11.4 Å². The summed E-state index contributed by atoms with van der Waals surface area (Å²) in [6.45, 7) is 6.52. The highest BCUT2D eigenvalue weighted by atomic mass is 19.4. The normalized spacial score (nSPS) is 11.0. The molecule has 2 rings (SSSR count). The number of hydrogen-bond acceptors (Lipinski definition) is 4. The van der Waals surface area contributed by atoms with E-state index in [9.17, 15) is 27.9 Å². The number of anilines is 2. The number of carbonyl (C=O) groups is 2. The third kappa shape index (κ3) is 7.11. The minimum Gasteiger partial charge on any atom is -0.381 e. The van der Waals surface area contributed by atoms with Crippen LogP contribution in [0.5, 0.6) is 0 Å². The molecule has 0 heterocycles. The van der Waals surface area contributed by atoms with Crippen molar-refractivity contribution in [3.63, 3.8) is 0 Å². The number of hydrazine groups is 1. The molecule has 0 atom stereocenters. The second kappa shape index (κ2) is 9.92. The number of para-hydroxylation sites is 1. The maximum absolute atomic E-state index is 12.6. The summed E-state index contributed by atoms with van der Waals surface area (Å²) in [6, 6.07) is 10.6. The highest BCUT2D eigenvalue weighted by molar-refractivity contribution is 6.01. The van der Waals surface area contributed by atoms with Gasteiger partial charge in [0.15, 0.2) is 0 Å². The molecule has 4 N–H and O–H groups in total. The fourth-order valence-electron chi connectivity index (χ4n) is 2.02. The Morgan fingerprint density at radius 2 is 1.45 bits per heavy atom. The summed E-state index contributed by atoms with van der Waals surface area (Å²) in [4.78, 5) is 23.9. The van der Waals surface area contributed by atoms with Crippen LogP contribution in [0.15, 0.2) is 48.5 Å². The second-order valence-electron chi connectivity index (χ2n) is 6.21. The van der Waals surface area contributed by atoms with E-state index < -0.39 is 29.2 Å². The molecule has 0 aliphatic carbocycles. The van der Waals surface area contributed by atoms with Crippen LogP contribution >= 0.6 is 0 Å². The summed E-state index contributed by atoms with van der Waals surface area (Å²) in [5.74, 6) is -1.47. The Balaban J connectivity index is 0.00000204. The van der Waals surface area contributed by atoms with Crippen LogP contribution < -0.4 is 16.2 Å². The molecule has 9 heteroatoms. The highest BCUT2D eigenvalue weighted by Gasteiger charge is 2.30. The van der Waals surface area contributed by atoms with Gasteiger partial charge >= 0.3 is 6.18 Å². The fourth-order valence-corrected chi connectivity index (χ4v) is 2.02. The number of alkyl halides is 3. The highest BCUT2D eigenvalue weighted by Crippen LogP contribution is 2.30. The predicted molar refractivity (Wildman–Crippen MR) is 104 cm³/mol. The van der Waals surface area contributed by atoms with Crippen molar-refractivity contribution in [3.05, 3.63) is 59.7 Å². The minimum atomic E-state index is -4.44. The van der Waals surface area contributed by atoms with E-state index in [0.717, 1.165) is 12.1 Å². The van der Waals surface area contributed by atoms with Crippen molar-refractivity contribution >= 4 is 23.2 Å². The number of nitrogens with one attached hydrogen (secondary N) is 3. The first-order chi connectivity index (χ1) is 13.5. The van der Waals surface area contributed by atoms with Gasteiger partial charge < -0.3 is 10.4 Å². The van der Waals surface area contributed by atoms with Crippen LogP contribution in [0.25, 0.3) is 0 Å². The van der Waals surface area contributed by atoms with E-state index >= 15 is 0 Å². The number of aliphatic hydroxyl groups is 1. The predicted octanol–water partition coefficient (Wildman–Crippen LogP) is 4.01. The van der Waals surface area contributed by atoms with Gasteiger partial charge in [0.1, 0.15) is 5.60 Å². The van der Waals surface area contributed by atoms with Crippen molar-refractivity contribution in [2.45, 2.75) is 39.5 Å². The van der Waals surface area contributed by atoms with Gasteiger partial charge in [-0.25, -0.2) is 0 Å². The molecule has 29 heavy (non-hydrogen) atoms. The Labute approximate surface area is 167 Å². The number of amides is 2. The Hall–Kier alpha value is -3.07. The van der Waals surface area contributed by atoms with Gasteiger partial charge in [-0.3, -0.25) is 20.4 Å². The average Bonchev–Trinajstić information content (AvgIpc) is 2.67. The van der Waals surface area contributed by atoms with Gasteiger partial charge in [-0.05, 0) is 50.2 Å². The van der Waals surface area contributed by atoms with Crippen LogP contribution in [0.4, 0.5) is 24.5 Å². The van der Waals surface area contributed by atoms with Gasteiger partial charge in [0, 0.05) is 5.69 Å². The van der Waals surface area contributed by atoms with Gasteiger partial charge in [0.05, 0.1) is 16.8 Å². The molecule has 2 aromatic rings. The first kappa shape index (κ1) is 24.0. The molecule has 0 unspecified atom stereocenters. The quantitative estimate of drug-likeness (QED) is 0.573. The maximum Gasteiger partial charge on any atom is 0.416 e. The van der Waals surface area contributed by atoms with Crippen LogP contribution in [-0.4, -0.2) is 22.5 Å². The molecule has 0 aromatic heterocycles. The second-order valence-corrected chi connectivity index (χ2v) is 6.21. The van der Waals surface area contributed by atoms with Crippen LogP contribution in [0.2, 0.25) is 0 Å². The first-order valence-corrected chi connectivity index (χ1v) is 8.85. The lowest BCUT2D eigenvalue weighted by molar-refractivity contribution is -0.138. The van der Waals surface area contributed by atoms with Crippen molar-refractivity contribution in [1.29, 1.82) is 0 Å². The topological polar surface area (TPSA) is 90.5 Å². The lowest BCUT2D eigenvalue weighted by Crippen LogP contribution is -2.50. The average molecular weight is 411 g/mol.